The summed E-state index contributed by atoms with van der Waals surface area (Å²) in [5.74, 6) is -0.994. The number of carboxylic acids is 1. The maximum Gasteiger partial charge on any atom is 0.337 e. The predicted octanol–water partition coefficient (Wildman–Crippen LogP) is 3.86. The number of rotatable bonds is 4. The van der Waals surface area contributed by atoms with Gasteiger partial charge < -0.3 is 10.8 Å². The standard InChI is InChI=1S/C16H15NO2.CH4/c17-15-13(10-5-11-14(15)16(18)19)9-4-8-12-6-2-1-3-7-12;/h1-8,10-11H,9,17H2,(H,18,19);1H4. The second-order valence-corrected chi connectivity index (χ2v) is 4.20. The molecule has 3 heteroatoms. The fourth-order valence-electron chi connectivity index (χ4n) is 1.86. The number of allylic oxidation sites excluding steroid dienone is 1. The summed E-state index contributed by atoms with van der Waals surface area (Å²) in [6.07, 6.45) is 4.58. The number of carboxylic acid groups (broad SMARTS) is 1. The zero-order valence-electron chi connectivity index (χ0n) is 10.4. The molecule has 0 aliphatic rings. The maximum atomic E-state index is 11.0. The van der Waals surface area contributed by atoms with Gasteiger partial charge >= 0.3 is 5.97 Å². The molecule has 0 spiro atoms. The molecule has 0 aliphatic heterocycles. The normalized spacial score (nSPS) is 10.2. The van der Waals surface area contributed by atoms with Gasteiger partial charge in [-0.25, -0.2) is 4.79 Å². The number of nitrogen functional groups attached to an aromatic ring is 1. The van der Waals surface area contributed by atoms with Gasteiger partial charge in [0.05, 0.1) is 5.56 Å². The van der Waals surface area contributed by atoms with Gasteiger partial charge in [0.2, 0.25) is 0 Å². The lowest BCUT2D eigenvalue weighted by atomic mass is 10.0. The molecule has 0 saturated carbocycles. The first kappa shape index (κ1) is 15.5. The quantitative estimate of drug-likeness (QED) is 0.828. The van der Waals surface area contributed by atoms with Crippen LogP contribution in [0.2, 0.25) is 0 Å². The van der Waals surface area contributed by atoms with Crippen molar-refractivity contribution < 1.29 is 9.90 Å². The third kappa shape index (κ3) is 3.72. The van der Waals surface area contributed by atoms with E-state index in [1.54, 1.807) is 6.07 Å². The van der Waals surface area contributed by atoms with Gasteiger partial charge in [0.25, 0.3) is 0 Å². The predicted molar refractivity (Wildman–Crippen MR) is 83.7 cm³/mol. The van der Waals surface area contributed by atoms with Crippen molar-refractivity contribution in [2.24, 2.45) is 0 Å². The highest BCUT2D eigenvalue weighted by Crippen LogP contribution is 2.18. The minimum atomic E-state index is -0.994. The summed E-state index contributed by atoms with van der Waals surface area (Å²) in [5.41, 5.74) is 8.28. The van der Waals surface area contributed by atoms with Gasteiger partial charge in [-0.3, -0.25) is 0 Å². The van der Waals surface area contributed by atoms with Crippen LogP contribution in [0.4, 0.5) is 5.69 Å². The zero-order chi connectivity index (χ0) is 13.7. The molecule has 2 rings (SSSR count). The van der Waals surface area contributed by atoms with Crippen LogP contribution < -0.4 is 5.73 Å². The smallest absolute Gasteiger partial charge is 0.337 e. The van der Waals surface area contributed by atoms with E-state index in [1.807, 2.05) is 48.6 Å². The molecule has 0 radical (unpaired) electrons. The molecule has 0 unspecified atom stereocenters. The van der Waals surface area contributed by atoms with Crippen LogP contribution in [0.5, 0.6) is 0 Å². The van der Waals surface area contributed by atoms with Crippen molar-refractivity contribution in [1.82, 2.24) is 0 Å². The van der Waals surface area contributed by atoms with Crippen molar-refractivity contribution in [3.05, 3.63) is 71.3 Å². The maximum absolute atomic E-state index is 11.0. The molecular weight excluding hydrogens is 250 g/mol. The molecular formula is C17H19NO2. The van der Waals surface area contributed by atoms with Gasteiger partial charge in [0.15, 0.2) is 0 Å². The van der Waals surface area contributed by atoms with Crippen LogP contribution in [0, 0.1) is 0 Å². The summed E-state index contributed by atoms with van der Waals surface area (Å²) in [6.45, 7) is 0. The Morgan fingerprint density at radius 2 is 1.80 bits per heavy atom. The largest absolute Gasteiger partial charge is 0.478 e. The molecule has 0 aliphatic carbocycles. The molecule has 3 N–H and O–H groups in total. The Bertz CT molecular complexity index is 604. The summed E-state index contributed by atoms with van der Waals surface area (Å²) in [4.78, 5) is 11.0. The number of aromatic carboxylic acids is 1. The molecule has 104 valence electrons. The molecule has 2 aromatic carbocycles. The van der Waals surface area contributed by atoms with E-state index in [0.29, 0.717) is 12.1 Å². The monoisotopic (exact) mass is 269 g/mol. The van der Waals surface area contributed by atoms with E-state index in [0.717, 1.165) is 11.1 Å². The molecule has 0 heterocycles. The number of hydrogen-bond acceptors (Lipinski definition) is 2. The van der Waals surface area contributed by atoms with Crippen LogP contribution in [0.1, 0.15) is 28.9 Å². The molecule has 0 amide bonds. The van der Waals surface area contributed by atoms with Crippen LogP contribution in [-0.2, 0) is 6.42 Å². The second kappa shape index (κ2) is 7.14. The van der Waals surface area contributed by atoms with Gasteiger partial charge in [0.1, 0.15) is 0 Å². The highest BCUT2D eigenvalue weighted by Gasteiger charge is 2.09. The Kier molecular flexibility index (Phi) is 5.54. The highest BCUT2D eigenvalue weighted by atomic mass is 16.4. The number of anilines is 1. The average Bonchev–Trinajstić information content (AvgIpc) is 2.41. The fraction of sp³-hybridized carbons (Fsp3) is 0.118. The summed E-state index contributed by atoms with van der Waals surface area (Å²) >= 11 is 0. The minimum absolute atomic E-state index is 0. The lowest BCUT2D eigenvalue weighted by Crippen LogP contribution is -2.04. The van der Waals surface area contributed by atoms with Crippen molar-refractivity contribution in [2.75, 3.05) is 5.73 Å². The van der Waals surface area contributed by atoms with Crippen molar-refractivity contribution in [3.63, 3.8) is 0 Å². The summed E-state index contributed by atoms with van der Waals surface area (Å²) in [5, 5.41) is 9.00. The minimum Gasteiger partial charge on any atom is -0.478 e. The van der Waals surface area contributed by atoms with E-state index in [1.165, 1.54) is 6.07 Å². The Morgan fingerprint density at radius 1 is 1.10 bits per heavy atom. The topological polar surface area (TPSA) is 63.3 Å². The second-order valence-electron chi connectivity index (χ2n) is 4.20. The Labute approximate surface area is 119 Å². The van der Waals surface area contributed by atoms with Crippen molar-refractivity contribution in [2.45, 2.75) is 13.8 Å². The average molecular weight is 269 g/mol. The van der Waals surface area contributed by atoms with Gasteiger partial charge in [-0.05, 0) is 23.6 Å². The van der Waals surface area contributed by atoms with E-state index in [4.69, 9.17) is 10.8 Å². The first-order valence-corrected chi connectivity index (χ1v) is 6.00. The molecule has 2 aromatic rings. The SMILES string of the molecule is C.Nc1c(CC=Cc2ccccc2)cccc1C(=O)O. The van der Waals surface area contributed by atoms with Gasteiger partial charge in [-0.1, -0.05) is 62.0 Å². The Hall–Kier alpha value is -2.55. The third-order valence-corrected chi connectivity index (χ3v) is 2.87. The number of benzene rings is 2. The highest BCUT2D eigenvalue weighted by molar-refractivity contribution is 5.94. The van der Waals surface area contributed by atoms with Crippen molar-refractivity contribution >= 4 is 17.7 Å². The molecule has 0 atom stereocenters. The zero-order valence-corrected chi connectivity index (χ0v) is 10.4. The molecule has 3 nitrogen and oxygen atoms in total. The van der Waals surface area contributed by atoms with Crippen molar-refractivity contribution in [3.8, 4) is 0 Å². The number of hydrogen-bond donors (Lipinski definition) is 2. The Balaban J connectivity index is 0.00000200. The molecule has 0 aromatic heterocycles. The van der Waals surface area contributed by atoms with Crippen LogP contribution >= 0.6 is 0 Å². The summed E-state index contributed by atoms with van der Waals surface area (Å²) in [7, 11) is 0. The number of nitrogens with two attached hydrogens (primary N) is 1. The summed E-state index contributed by atoms with van der Waals surface area (Å²) < 4.78 is 0. The molecule has 20 heavy (non-hydrogen) atoms. The number of para-hydroxylation sites is 1. The van der Waals surface area contributed by atoms with E-state index < -0.39 is 5.97 Å². The molecule has 0 fully saturated rings. The van der Waals surface area contributed by atoms with E-state index in [2.05, 4.69) is 0 Å². The fourth-order valence-corrected chi connectivity index (χ4v) is 1.86. The lowest BCUT2D eigenvalue weighted by molar-refractivity contribution is 0.0698. The van der Waals surface area contributed by atoms with E-state index in [-0.39, 0.29) is 13.0 Å². The van der Waals surface area contributed by atoms with Gasteiger partial charge in [0, 0.05) is 5.69 Å². The third-order valence-electron chi connectivity index (χ3n) is 2.87. The molecule has 0 bridgehead atoms. The summed E-state index contributed by atoms with van der Waals surface area (Å²) in [6, 6.07) is 15.0. The first-order chi connectivity index (χ1) is 9.18. The molecule has 0 saturated heterocycles. The number of carbonyl (C=O) groups is 1. The lowest BCUT2D eigenvalue weighted by Gasteiger charge is -2.05. The first-order valence-electron chi connectivity index (χ1n) is 6.00. The van der Waals surface area contributed by atoms with Crippen LogP contribution in [0.15, 0.2) is 54.6 Å². The van der Waals surface area contributed by atoms with Gasteiger partial charge in [-0.2, -0.15) is 0 Å². The van der Waals surface area contributed by atoms with Crippen LogP contribution in [0.3, 0.4) is 0 Å². The van der Waals surface area contributed by atoms with Crippen LogP contribution in [0.25, 0.3) is 6.08 Å². The van der Waals surface area contributed by atoms with Gasteiger partial charge in [-0.15, -0.1) is 0 Å². The van der Waals surface area contributed by atoms with E-state index in [9.17, 15) is 4.79 Å². The van der Waals surface area contributed by atoms with Crippen LogP contribution in [-0.4, -0.2) is 11.1 Å². The van der Waals surface area contributed by atoms with Crippen molar-refractivity contribution in [1.29, 1.82) is 0 Å². The van der Waals surface area contributed by atoms with E-state index >= 15 is 0 Å². The Morgan fingerprint density at radius 3 is 2.45 bits per heavy atom.